The van der Waals surface area contributed by atoms with E-state index in [1.165, 1.54) is 31.7 Å². The van der Waals surface area contributed by atoms with Crippen LogP contribution in [-0.2, 0) is 0 Å². The van der Waals surface area contributed by atoms with E-state index in [1.54, 1.807) is 5.57 Å². The second-order valence-electron chi connectivity index (χ2n) is 6.79. The second-order valence-corrected chi connectivity index (χ2v) is 12.3. The molecule has 0 spiro atoms. The summed E-state index contributed by atoms with van der Waals surface area (Å²) in [5.41, 5.74) is 2.35. The minimum atomic E-state index is -0.853. The lowest BCUT2D eigenvalue weighted by atomic mass is 9.75. The van der Waals surface area contributed by atoms with Crippen molar-refractivity contribution < 1.29 is 0 Å². The smallest absolute Gasteiger partial charge is 0.0480 e. The predicted octanol–water partition coefficient (Wildman–Crippen LogP) is 4.85. The molecular weight excluding hydrogens is 184 g/mol. The van der Waals surface area contributed by atoms with Crippen LogP contribution in [0.5, 0.6) is 0 Å². The Hall–Kier alpha value is -0.0431. The molecule has 1 aliphatic rings. The van der Waals surface area contributed by atoms with Crippen LogP contribution in [0.3, 0.4) is 0 Å². The molecule has 0 amide bonds. The fraction of sp³-hybridized carbons (Fsp3) is 0.846. The van der Waals surface area contributed by atoms with Gasteiger partial charge in [-0.25, -0.2) is 0 Å². The lowest BCUT2D eigenvalue weighted by molar-refractivity contribution is 0.278. The molecule has 14 heavy (non-hydrogen) atoms. The van der Waals surface area contributed by atoms with Crippen LogP contribution < -0.4 is 0 Å². The molecule has 1 aliphatic carbocycles. The minimum Gasteiger partial charge on any atom is -0.0880 e. The average molecular weight is 210 g/mol. The molecular formula is C13H26Si. The van der Waals surface area contributed by atoms with Crippen LogP contribution in [0.1, 0.15) is 39.5 Å². The molecule has 0 saturated heterocycles. The van der Waals surface area contributed by atoms with Crippen molar-refractivity contribution in [3.63, 3.8) is 0 Å². The Morgan fingerprint density at radius 2 is 1.64 bits per heavy atom. The van der Waals surface area contributed by atoms with E-state index in [1.807, 2.05) is 0 Å². The highest BCUT2D eigenvalue weighted by atomic mass is 28.3. The fourth-order valence-corrected chi connectivity index (χ4v) is 2.80. The van der Waals surface area contributed by atoms with Gasteiger partial charge in [0.15, 0.2) is 0 Å². The second kappa shape index (κ2) is 4.22. The molecule has 0 aromatic rings. The third kappa shape index (κ3) is 4.45. The van der Waals surface area contributed by atoms with E-state index in [2.05, 4.69) is 39.6 Å². The Bertz CT molecular complexity index is 206. The molecule has 0 N–H and O–H groups in total. The molecule has 0 aromatic carbocycles. The van der Waals surface area contributed by atoms with Gasteiger partial charge in [0.25, 0.3) is 0 Å². The average Bonchev–Trinajstić information content (AvgIpc) is 2.01. The van der Waals surface area contributed by atoms with Gasteiger partial charge in [-0.15, -0.1) is 0 Å². The first kappa shape index (κ1) is 12.0. The summed E-state index contributed by atoms with van der Waals surface area (Å²) in [5, 5.41) is 0. The molecule has 1 saturated carbocycles. The number of allylic oxidation sites excluding steroid dienone is 2. The van der Waals surface area contributed by atoms with Crippen LogP contribution in [0.2, 0.25) is 25.7 Å². The van der Waals surface area contributed by atoms with Gasteiger partial charge >= 0.3 is 0 Å². The van der Waals surface area contributed by atoms with Crippen molar-refractivity contribution >= 4 is 8.07 Å². The Morgan fingerprint density at radius 3 is 2.07 bits per heavy atom. The zero-order valence-corrected chi connectivity index (χ0v) is 11.6. The maximum atomic E-state index is 2.56. The van der Waals surface area contributed by atoms with Gasteiger partial charge in [-0.1, -0.05) is 45.1 Å². The highest BCUT2D eigenvalue weighted by Crippen LogP contribution is 2.37. The largest absolute Gasteiger partial charge is 0.0880 e. The first-order valence-corrected chi connectivity index (χ1v) is 9.67. The van der Waals surface area contributed by atoms with E-state index in [0.29, 0.717) is 5.41 Å². The first-order chi connectivity index (χ1) is 6.29. The molecule has 0 nitrogen and oxygen atoms in total. The Labute approximate surface area is 90.8 Å². The van der Waals surface area contributed by atoms with Crippen LogP contribution in [-0.4, -0.2) is 8.07 Å². The summed E-state index contributed by atoms with van der Waals surface area (Å²) in [6.07, 6.45) is 8.06. The van der Waals surface area contributed by atoms with Crippen molar-refractivity contribution in [2.24, 2.45) is 5.41 Å². The first-order valence-electron chi connectivity index (χ1n) is 5.96. The lowest BCUT2D eigenvalue weighted by Gasteiger charge is -2.31. The van der Waals surface area contributed by atoms with Gasteiger partial charge in [-0.05, 0) is 37.1 Å². The van der Waals surface area contributed by atoms with Crippen LogP contribution in [0.25, 0.3) is 0 Å². The van der Waals surface area contributed by atoms with E-state index >= 15 is 0 Å². The van der Waals surface area contributed by atoms with Crippen molar-refractivity contribution in [1.29, 1.82) is 0 Å². The normalized spacial score (nSPS) is 22.2. The topological polar surface area (TPSA) is 0 Å². The maximum Gasteiger partial charge on any atom is 0.0480 e. The standard InChI is InChI=1S/C13H26Si/c1-13(2)9-6-12(7-10-13)8-11-14(3,4)5/h8H,6-7,9-11H2,1-5H3. The summed E-state index contributed by atoms with van der Waals surface area (Å²) in [5.74, 6) is 0. The van der Waals surface area contributed by atoms with Crippen LogP contribution in [0.15, 0.2) is 11.6 Å². The van der Waals surface area contributed by atoms with Gasteiger partial charge in [0, 0.05) is 8.07 Å². The number of rotatable bonds is 2. The monoisotopic (exact) mass is 210 g/mol. The third-order valence-corrected chi connectivity index (χ3v) is 4.68. The van der Waals surface area contributed by atoms with Gasteiger partial charge in [-0.3, -0.25) is 0 Å². The summed E-state index contributed by atoms with van der Waals surface area (Å²) < 4.78 is 0. The van der Waals surface area contributed by atoms with Gasteiger partial charge in [0.2, 0.25) is 0 Å². The SMILES string of the molecule is CC1(C)CCC(=CC[Si](C)(C)C)CC1. The molecule has 82 valence electrons. The lowest BCUT2D eigenvalue weighted by Crippen LogP contribution is -2.19. The van der Waals surface area contributed by atoms with Gasteiger partial charge < -0.3 is 0 Å². The van der Waals surface area contributed by atoms with E-state index in [4.69, 9.17) is 0 Å². The molecule has 0 aliphatic heterocycles. The predicted molar refractivity (Wildman–Crippen MR) is 68.5 cm³/mol. The van der Waals surface area contributed by atoms with Crippen molar-refractivity contribution in [1.82, 2.24) is 0 Å². The zero-order chi connectivity index (χ0) is 10.8. The maximum absolute atomic E-state index is 2.56. The molecule has 0 radical (unpaired) electrons. The summed E-state index contributed by atoms with van der Waals surface area (Å²) in [6.45, 7) is 12.2. The molecule has 1 heteroatoms. The van der Waals surface area contributed by atoms with Gasteiger partial charge in [0.1, 0.15) is 0 Å². The highest BCUT2D eigenvalue weighted by molar-refractivity contribution is 6.76. The van der Waals surface area contributed by atoms with Crippen LogP contribution in [0, 0.1) is 5.41 Å². The molecule has 1 rings (SSSR count). The quantitative estimate of drug-likeness (QED) is 0.451. The molecule has 1 fully saturated rings. The van der Waals surface area contributed by atoms with Gasteiger partial charge in [-0.2, -0.15) is 0 Å². The van der Waals surface area contributed by atoms with E-state index in [9.17, 15) is 0 Å². The van der Waals surface area contributed by atoms with E-state index in [-0.39, 0.29) is 0 Å². The van der Waals surface area contributed by atoms with Crippen LogP contribution in [0.4, 0.5) is 0 Å². The molecule has 0 atom stereocenters. The zero-order valence-electron chi connectivity index (χ0n) is 10.6. The third-order valence-electron chi connectivity index (χ3n) is 3.25. The highest BCUT2D eigenvalue weighted by Gasteiger charge is 2.23. The minimum absolute atomic E-state index is 0.608. The van der Waals surface area contributed by atoms with Crippen molar-refractivity contribution in [3.05, 3.63) is 11.6 Å². The Morgan fingerprint density at radius 1 is 1.14 bits per heavy atom. The molecule has 0 aromatic heterocycles. The van der Waals surface area contributed by atoms with Crippen molar-refractivity contribution in [2.45, 2.75) is 65.2 Å². The van der Waals surface area contributed by atoms with Crippen LogP contribution >= 0.6 is 0 Å². The van der Waals surface area contributed by atoms with E-state index in [0.717, 1.165) is 0 Å². The summed E-state index contributed by atoms with van der Waals surface area (Å²) >= 11 is 0. The number of hydrogen-bond donors (Lipinski definition) is 0. The van der Waals surface area contributed by atoms with E-state index < -0.39 is 8.07 Å². The van der Waals surface area contributed by atoms with Crippen molar-refractivity contribution in [2.75, 3.05) is 0 Å². The Kier molecular flexibility index (Phi) is 3.62. The fourth-order valence-electron chi connectivity index (χ4n) is 1.90. The summed E-state index contributed by atoms with van der Waals surface area (Å²) in [7, 11) is -0.853. The van der Waals surface area contributed by atoms with Gasteiger partial charge in [0.05, 0.1) is 0 Å². The summed E-state index contributed by atoms with van der Waals surface area (Å²) in [6, 6.07) is 1.38. The molecule has 0 unspecified atom stereocenters. The van der Waals surface area contributed by atoms with Crippen molar-refractivity contribution in [3.8, 4) is 0 Å². The summed E-state index contributed by atoms with van der Waals surface area (Å²) in [4.78, 5) is 0. The molecule has 0 bridgehead atoms. The Balaban J connectivity index is 2.42. The number of hydrogen-bond acceptors (Lipinski definition) is 0. The molecule has 0 heterocycles.